The molecule has 1 aromatic heterocycles. The molecule has 0 aromatic carbocycles. The maximum atomic E-state index is 13.0. The molecule has 0 spiro atoms. The molecule has 15 heavy (non-hydrogen) atoms. The van der Waals surface area contributed by atoms with Crippen LogP contribution in [0.3, 0.4) is 0 Å². The molecule has 1 aliphatic rings. The standard InChI is InChI=1S/C10H15FN4/c11-10-13-8(12)7-9(14-10)15-5-3-1-2-4-6-15/h7H,1-6H2,(H2,12,13,14). The van der Waals surface area contributed by atoms with Crippen molar-refractivity contribution in [2.75, 3.05) is 23.7 Å². The van der Waals surface area contributed by atoms with Crippen molar-refractivity contribution in [2.45, 2.75) is 25.7 Å². The van der Waals surface area contributed by atoms with Crippen molar-refractivity contribution in [3.05, 3.63) is 12.1 Å². The number of anilines is 2. The van der Waals surface area contributed by atoms with Crippen LogP contribution in [-0.2, 0) is 0 Å². The van der Waals surface area contributed by atoms with E-state index in [9.17, 15) is 4.39 Å². The average molecular weight is 210 g/mol. The molecule has 1 saturated heterocycles. The van der Waals surface area contributed by atoms with Crippen LogP contribution in [0.5, 0.6) is 0 Å². The minimum Gasteiger partial charge on any atom is -0.383 e. The van der Waals surface area contributed by atoms with Crippen LogP contribution < -0.4 is 10.6 Å². The molecule has 0 unspecified atom stereocenters. The lowest BCUT2D eigenvalue weighted by atomic mass is 10.2. The number of aromatic nitrogens is 2. The Balaban J connectivity index is 2.19. The summed E-state index contributed by atoms with van der Waals surface area (Å²) in [7, 11) is 0. The van der Waals surface area contributed by atoms with Gasteiger partial charge in [-0.05, 0) is 12.8 Å². The van der Waals surface area contributed by atoms with Gasteiger partial charge in [-0.2, -0.15) is 14.4 Å². The highest BCUT2D eigenvalue weighted by atomic mass is 19.1. The summed E-state index contributed by atoms with van der Waals surface area (Å²) in [5.74, 6) is 0.809. The van der Waals surface area contributed by atoms with Crippen molar-refractivity contribution in [3.8, 4) is 0 Å². The first kappa shape index (κ1) is 10.1. The van der Waals surface area contributed by atoms with E-state index in [0.29, 0.717) is 5.82 Å². The van der Waals surface area contributed by atoms with Crippen LogP contribution in [0.15, 0.2) is 6.07 Å². The second-order valence-corrected chi connectivity index (χ2v) is 3.82. The van der Waals surface area contributed by atoms with E-state index in [1.165, 1.54) is 12.8 Å². The zero-order valence-corrected chi connectivity index (χ0v) is 8.62. The molecule has 5 heteroatoms. The van der Waals surface area contributed by atoms with Crippen molar-refractivity contribution in [3.63, 3.8) is 0 Å². The van der Waals surface area contributed by atoms with Gasteiger partial charge in [0.2, 0.25) is 0 Å². The Morgan fingerprint density at radius 1 is 1.13 bits per heavy atom. The van der Waals surface area contributed by atoms with Crippen molar-refractivity contribution in [2.24, 2.45) is 0 Å². The van der Waals surface area contributed by atoms with Gasteiger partial charge in [0.25, 0.3) is 0 Å². The predicted molar refractivity (Wildman–Crippen MR) is 57.1 cm³/mol. The monoisotopic (exact) mass is 210 g/mol. The zero-order chi connectivity index (χ0) is 10.7. The molecule has 0 saturated carbocycles. The van der Waals surface area contributed by atoms with Crippen molar-refractivity contribution in [1.29, 1.82) is 0 Å². The molecule has 82 valence electrons. The highest BCUT2D eigenvalue weighted by Crippen LogP contribution is 2.18. The maximum Gasteiger partial charge on any atom is 0.312 e. The predicted octanol–water partition coefficient (Wildman–Crippen LogP) is 1.58. The topological polar surface area (TPSA) is 55.0 Å². The fraction of sp³-hybridized carbons (Fsp3) is 0.600. The molecule has 1 fully saturated rings. The number of rotatable bonds is 1. The van der Waals surface area contributed by atoms with E-state index in [2.05, 4.69) is 14.9 Å². The third-order valence-corrected chi connectivity index (χ3v) is 2.64. The van der Waals surface area contributed by atoms with Crippen LogP contribution in [0.25, 0.3) is 0 Å². The molecule has 1 aliphatic heterocycles. The van der Waals surface area contributed by atoms with Crippen LogP contribution in [0.1, 0.15) is 25.7 Å². The quantitative estimate of drug-likeness (QED) is 0.715. The van der Waals surface area contributed by atoms with Gasteiger partial charge in [-0.25, -0.2) is 0 Å². The first-order valence-electron chi connectivity index (χ1n) is 5.31. The number of halogens is 1. The van der Waals surface area contributed by atoms with Crippen LogP contribution in [0.4, 0.5) is 16.0 Å². The summed E-state index contributed by atoms with van der Waals surface area (Å²) < 4.78 is 13.0. The SMILES string of the molecule is Nc1cc(N2CCCCCC2)nc(F)n1. The highest BCUT2D eigenvalue weighted by molar-refractivity contribution is 5.46. The van der Waals surface area contributed by atoms with Gasteiger partial charge in [-0.15, -0.1) is 0 Å². The molecule has 0 radical (unpaired) electrons. The van der Waals surface area contributed by atoms with Crippen LogP contribution in [0.2, 0.25) is 0 Å². The van der Waals surface area contributed by atoms with Crippen LogP contribution >= 0.6 is 0 Å². The lowest BCUT2D eigenvalue weighted by Gasteiger charge is -2.21. The average Bonchev–Trinajstić information content (AvgIpc) is 2.43. The summed E-state index contributed by atoms with van der Waals surface area (Å²) in [5, 5.41) is 0. The Bertz CT molecular complexity index is 314. The minimum atomic E-state index is -0.741. The summed E-state index contributed by atoms with van der Waals surface area (Å²) in [6.45, 7) is 1.85. The minimum absolute atomic E-state index is 0.196. The lowest BCUT2D eigenvalue weighted by Crippen LogP contribution is -2.25. The number of nitrogen functional groups attached to an aromatic ring is 1. The van der Waals surface area contributed by atoms with Gasteiger partial charge in [-0.1, -0.05) is 12.8 Å². The second-order valence-electron chi connectivity index (χ2n) is 3.82. The molecule has 0 atom stereocenters. The van der Waals surface area contributed by atoms with Gasteiger partial charge >= 0.3 is 6.08 Å². The van der Waals surface area contributed by atoms with E-state index >= 15 is 0 Å². The molecule has 0 aliphatic carbocycles. The molecule has 2 N–H and O–H groups in total. The van der Waals surface area contributed by atoms with Gasteiger partial charge in [0.1, 0.15) is 11.6 Å². The van der Waals surface area contributed by atoms with E-state index in [0.717, 1.165) is 25.9 Å². The van der Waals surface area contributed by atoms with Gasteiger partial charge in [0, 0.05) is 19.2 Å². The lowest BCUT2D eigenvalue weighted by molar-refractivity contribution is 0.538. The van der Waals surface area contributed by atoms with Gasteiger partial charge in [-0.3, -0.25) is 0 Å². The zero-order valence-electron chi connectivity index (χ0n) is 8.62. The number of hydrogen-bond acceptors (Lipinski definition) is 4. The van der Waals surface area contributed by atoms with E-state index < -0.39 is 6.08 Å². The van der Waals surface area contributed by atoms with Gasteiger partial charge in [0.15, 0.2) is 0 Å². The normalized spacial score (nSPS) is 17.5. The van der Waals surface area contributed by atoms with Crippen LogP contribution in [-0.4, -0.2) is 23.1 Å². The Kier molecular flexibility index (Phi) is 2.99. The number of nitrogens with two attached hydrogens (primary N) is 1. The van der Waals surface area contributed by atoms with Crippen molar-refractivity contribution in [1.82, 2.24) is 9.97 Å². The number of hydrogen-bond donors (Lipinski definition) is 1. The van der Waals surface area contributed by atoms with Gasteiger partial charge in [0.05, 0.1) is 0 Å². The summed E-state index contributed by atoms with van der Waals surface area (Å²) in [5.41, 5.74) is 5.49. The fourth-order valence-corrected chi connectivity index (χ4v) is 1.88. The molecule has 2 rings (SSSR count). The fourth-order valence-electron chi connectivity index (χ4n) is 1.88. The Hall–Kier alpha value is -1.39. The number of nitrogens with zero attached hydrogens (tertiary/aromatic N) is 3. The molecule has 4 nitrogen and oxygen atoms in total. The molecule has 1 aromatic rings. The first-order valence-corrected chi connectivity index (χ1v) is 5.31. The second kappa shape index (κ2) is 4.42. The van der Waals surface area contributed by atoms with E-state index in [4.69, 9.17) is 5.73 Å². The smallest absolute Gasteiger partial charge is 0.312 e. The summed E-state index contributed by atoms with van der Waals surface area (Å²) in [6.07, 6.45) is 3.99. The van der Waals surface area contributed by atoms with E-state index in [1.807, 2.05) is 0 Å². The first-order chi connectivity index (χ1) is 7.25. The maximum absolute atomic E-state index is 13.0. The van der Waals surface area contributed by atoms with Crippen molar-refractivity contribution < 1.29 is 4.39 Å². The van der Waals surface area contributed by atoms with Crippen LogP contribution in [0, 0.1) is 6.08 Å². The Morgan fingerprint density at radius 3 is 2.40 bits per heavy atom. The molecular weight excluding hydrogens is 195 g/mol. The summed E-state index contributed by atoms with van der Waals surface area (Å²) in [4.78, 5) is 9.27. The Morgan fingerprint density at radius 2 is 1.80 bits per heavy atom. The van der Waals surface area contributed by atoms with Gasteiger partial charge < -0.3 is 10.6 Å². The largest absolute Gasteiger partial charge is 0.383 e. The molecule has 2 heterocycles. The van der Waals surface area contributed by atoms with Crippen molar-refractivity contribution >= 4 is 11.6 Å². The molecular formula is C10H15FN4. The summed E-state index contributed by atoms with van der Waals surface area (Å²) in [6, 6.07) is 1.63. The van der Waals surface area contributed by atoms with E-state index in [-0.39, 0.29) is 5.82 Å². The summed E-state index contributed by atoms with van der Waals surface area (Å²) >= 11 is 0. The third-order valence-electron chi connectivity index (χ3n) is 2.64. The molecule has 0 bridgehead atoms. The van der Waals surface area contributed by atoms with E-state index in [1.54, 1.807) is 6.07 Å². The highest BCUT2D eigenvalue weighted by Gasteiger charge is 2.12. The molecule has 0 amide bonds. The Labute approximate surface area is 88.3 Å². The third kappa shape index (κ3) is 2.55.